The van der Waals surface area contributed by atoms with Gasteiger partial charge in [0.1, 0.15) is 5.75 Å². The lowest BCUT2D eigenvalue weighted by molar-refractivity contribution is -0.00281. The molecule has 4 heteroatoms. The zero-order chi connectivity index (χ0) is 13.1. The van der Waals surface area contributed by atoms with Gasteiger partial charge < -0.3 is 14.7 Å². The van der Waals surface area contributed by atoms with E-state index >= 15 is 0 Å². The molecule has 98 valence electrons. The van der Waals surface area contributed by atoms with Crippen molar-refractivity contribution in [1.82, 2.24) is 4.90 Å². The molecule has 1 N–H and O–H groups in total. The molecule has 1 fully saturated rings. The summed E-state index contributed by atoms with van der Waals surface area (Å²) in [5.41, 5.74) is 1.32. The van der Waals surface area contributed by atoms with E-state index in [1.807, 2.05) is 18.7 Å². The Morgan fingerprint density at radius 3 is 3.00 bits per heavy atom. The number of aryl methyl sites for hydroxylation is 1. The minimum Gasteiger partial charge on any atom is -0.508 e. The number of amides is 1. The summed E-state index contributed by atoms with van der Waals surface area (Å²) in [6, 6.07) is 5.21. The number of phenolic OH excluding ortho intramolecular Hbond substituents is 1. The molecule has 1 heterocycles. The molecule has 1 saturated heterocycles. The predicted octanol–water partition coefficient (Wildman–Crippen LogP) is 1.95. The molecule has 4 nitrogen and oxygen atoms in total. The molecule has 0 bridgehead atoms. The number of rotatable bonds is 2. The third-order valence-electron chi connectivity index (χ3n) is 3.42. The zero-order valence-corrected chi connectivity index (χ0v) is 10.8. The van der Waals surface area contributed by atoms with Crippen LogP contribution >= 0.6 is 0 Å². The number of phenols is 1. The minimum atomic E-state index is -0.0274. The van der Waals surface area contributed by atoms with Gasteiger partial charge in [0.2, 0.25) is 0 Å². The number of morpholine rings is 1. The lowest BCUT2D eigenvalue weighted by atomic mass is 10.1. The smallest absolute Gasteiger partial charge is 0.254 e. The molecule has 1 aromatic rings. The van der Waals surface area contributed by atoms with Gasteiger partial charge in [0.05, 0.1) is 19.3 Å². The molecule has 1 aromatic carbocycles. The molecule has 0 saturated carbocycles. The Hall–Kier alpha value is -1.55. The van der Waals surface area contributed by atoms with Crippen LogP contribution in [0.2, 0.25) is 0 Å². The van der Waals surface area contributed by atoms with Crippen LogP contribution in [-0.4, -0.2) is 41.7 Å². The van der Waals surface area contributed by atoms with E-state index in [-0.39, 0.29) is 17.7 Å². The van der Waals surface area contributed by atoms with Crippen molar-refractivity contribution in [3.05, 3.63) is 29.3 Å². The highest BCUT2D eigenvalue weighted by molar-refractivity contribution is 5.95. The van der Waals surface area contributed by atoms with Crippen molar-refractivity contribution in [2.75, 3.05) is 19.8 Å². The highest BCUT2D eigenvalue weighted by Gasteiger charge is 2.26. The number of aromatic hydroxyl groups is 1. The summed E-state index contributed by atoms with van der Waals surface area (Å²) in [4.78, 5) is 14.2. The lowest BCUT2D eigenvalue weighted by Gasteiger charge is -2.35. The SMILES string of the molecule is CCC1COCCN1C(=O)c1ccc(C)c(O)c1. The van der Waals surface area contributed by atoms with Crippen LogP contribution in [0, 0.1) is 6.92 Å². The second-order valence-corrected chi connectivity index (χ2v) is 4.64. The van der Waals surface area contributed by atoms with Crippen molar-refractivity contribution >= 4 is 5.91 Å². The van der Waals surface area contributed by atoms with Crippen LogP contribution in [0.25, 0.3) is 0 Å². The maximum atomic E-state index is 12.4. The first kappa shape index (κ1) is 12.9. The molecule has 2 rings (SSSR count). The maximum Gasteiger partial charge on any atom is 0.254 e. The second-order valence-electron chi connectivity index (χ2n) is 4.64. The fraction of sp³-hybridized carbons (Fsp3) is 0.500. The standard InChI is InChI=1S/C14H19NO3/c1-3-12-9-18-7-6-15(12)14(17)11-5-4-10(2)13(16)8-11/h4-5,8,12,16H,3,6-7,9H2,1-2H3. The fourth-order valence-corrected chi connectivity index (χ4v) is 2.17. The largest absolute Gasteiger partial charge is 0.508 e. The zero-order valence-electron chi connectivity index (χ0n) is 10.8. The van der Waals surface area contributed by atoms with Gasteiger partial charge in [-0.25, -0.2) is 0 Å². The summed E-state index contributed by atoms with van der Waals surface area (Å²) >= 11 is 0. The Kier molecular flexibility index (Phi) is 3.87. The van der Waals surface area contributed by atoms with Gasteiger partial charge in [0.15, 0.2) is 0 Å². The maximum absolute atomic E-state index is 12.4. The summed E-state index contributed by atoms with van der Waals surface area (Å²) in [6.45, 7) is 5.66. The van der Waals surface area contributed by atoms with Crippen LogP contribution < -0.4 is 0 Å². The van der Waals surface area contributed by atoms with Crippen molar-refractivity contribution in [2.24, 2.45) is 0 Å². The molecule has 0 aromatic heterocycles. The van der Waals surface area contributed by atoms with Crippen LogP contribution in [-0.2, 0) is 4.74 Å². The quantitative estimate of drug-likeness (QED) is 0.871. The topological polar surface area (TPSA) is 49.8 Å². The van der Waals surface area contributed by atoms with Gasteiger partial charge >= 0.3 is 0 Å². The first-order valence-electron chi connectivity index (χ1n) is 6.31. The van der Waals surface area contributed by atoms with Gasteiger partial charge in [-0.2, -0.15) is 0 Å². The van der Waals surface area contributed by atoms with Crippen molar-refractivity contribution in [1.29, 1.82) is 0 Å². The molecule has 0 aliphatic carbocycles. The molecule has 18 heavy (non-hydrogen) atoms. The van der Waals surface area contributed by atoms with Crippen molar-refractivity contribution in [2.45, 2.75) is 26.3 Å². The highest BCUT2D eigenvalue weighted by Crippen LogP contribution is 2.20. The van der Waals surface area contributed by atoms with E-state index in [1.165, 1.54) is 0 Å². The van der Waals surface area contributed by atoms with Crippen LogP contribution in [0.15, 0.2) is 18.2 Å². The molecular formula is C14H19NO3. The summed E-state index contributed by atoms with van der Waals surface area (Å²) in [7, 11) is 0. The highest BCUT2D eigenvalue weighted by atomic mass is 16.5. The third-order valence-corrected chi connectivity index (χ3v) is 3.42. The van der Waals surface area contributed by atoms with Gasteiger partial charge in [-0.15, -0.1) is 0 Å². The first-order valence-corrected chi connectivity index (χ1v) is 6.31. The Morgan fingerprint density at radius 1 is 1.56 bits per heavy atom. The van der Waals surface area contributed by atoms with Gasteiger partial charge in [-0.3, -0.25) is 4.79 Å². The van der Waals surface area contributed by atoms with Gasteiger partial charge in [-0.05, 0) is 31.0 Å². The second kappa shape index (κ2) is 5.40. The Labute approximate surface area is 107 Å². The molecule has 1 atom stereocenters. The van der Waals surface area contributed by atoms with Gasteiger partial charge in [0.25, 0.3) is 5.91 Å². The van der Waals surface area contributed by atoms with Gasteiger partial charge in [-0.1, -0.05) is 13.0 Å². The van der Waals surface area contributed by atoms with E-state index in [0.29, 0.717) is 25.3 Å². The monoisotopic (exact) mass is 249 g/mol. The van der Waals surface area contributed by atoms with Crippen LogP contribution in [0.5, 0.6) is 5.75 Å². The Bertz CT molecular complexity index is 445. The van der Waals surface area contributed by atoms with E-state index in [9.17, 15) is 9.90 Å². The third kappa shape index (κ3) is 2.48. The normalized spacial score (nSPS) is 19.9. The van der Waals surface area contributed by atoms with Crippen molar-refractivity contribution < 1.29 is 14.6 Å². The van der Waals surface area contributed by atoms with E-state index in [2.05, 4.69) is 0 Å². The number of hydrogen-bond acceptors (Lipinski definition) is 3. The number of carbonyl (C=O) groups excluding carboxylic acids is 1. The molecule has 1 aliphatic heterocycles. The summed E-state index contributed by atoms with van der Waals surface area (Å²) in [5, 5.41) is 9.68. The summed E-state index contributed by atoms with van der Waals surface area (Å²) < 4.78 is 5.39. The van der Waals surface area contributed by atoms with Crippen LogP contribution in [0.1, 0.15) is 29.3 Å². The molecule has 0 radical (unpaired) electrons. The van der Waals surface area contributed by atoms with E-state index in [1.54, 1.807) is 18.2 Å². The average Bonchev–Trinajstić information content (AvgIpc) is 2.41. The Balaban J connectivity index is 2.21. The summed E-state index contributed by atoms with van der Waals surface area (Å²) in [5.74, 6) is 0.141. The first-order chi connectivity index (χ1) is 8.63. The number of benzene rings is 1. The Morgan fingerprint density at radius 2 is 2.33 bits per heavy atom. The minimum absolute atomic E-state index is 0.0274. The van der Waals surface area contributed by atoms with Crippen molar-refractivity contribution in [3.8, 4) is 5.75 Å². The van der Waals surface area contributed by atoms with Crippen LogP contribution in [0.3, 0.4) is 0 Å². The van der Waals surface area contributed by atoms with E-state index in [0.717, 1.165) is 12.0 Å². The fourth-order valence-electron chi connectivity index (χ4n) is 2.17. The molecule has 1 unspecified atom stereocenters. The average molecular weight is 249 g/mol. The molecule has 1 aliphatic rings. The number of carbonyl (C=O) groups is 1. The van der Waals surface area contributed by atoms with E-state index in [4.69, 9.17) is 4.74 Å². The number of nitrogens with zero attached hydrogens (tertiary/aromatic N) is 1. The summed E-state index contributed by atoms with van der Waals surface area (Å²) in [6.07, 6.45) is 0.879. The lowest BCUT2D eigenvalue weighted by Crippen LogP contribution is -2.48. The number of ether oxygens (including phenoxy) is 1. The molecular weight excluding hydrogens is 230 g/mol. The molecule has 1 amide bonds. The van der Waals surface area contributed by atoms with Gasteiger partial charge in [0, 0.05) is 12.1 Å². The predicted molar refractivity (Wildman–Crippen MR) is 68.8 cm³/mol. The van der Waals surface area contributed by atoms with Crippen LogP contribution in [0.4, 0.5) is 0 Å². The van der Waals surface area contributed by atoms with E-state index < -0.39 is 0 Å². The number of hydrogen-bond donors (Lipinski definition) is 1. The molecule has 0 spiro atoms. The van der Waals surface area contributed by atoms with Crippen molar-refractivity contribution in [3.63, 3.8) is 0 Å².